The van der Waals surface area contributed by atoms with Crippen molar-refractivity contribution < 1.29 is 9.53 Å². The molecule has 0 aliphatic carbocycles. The lowest BCUT2D eigenvalue weighted by Gasteiger charge is -2.15. The first-order chi connectivity index (χ1) is 10.1. The Morgan fingerprint density at radius 3 is 2.38 bits per heavy atom. The molecule has 0 aliphatic heterocycles. The molecule has 0 unspecified atom stereocenters. The average molecular weight is 279 g/mol. The van der Waals surface area contributed by atoms with Gasteiger partial charge in [-0.25, -0.2) is 4.79 Å². The lowest BCUT2D eigenvalue weighted by molar-refractivity contribution is 0.0601. The second kappa shape index (κ2) is 6.62. The molecule has 0 spiro atoms. The lowest BCUT2D eigenvalue weighted by atomic mass is 10.1. The summed E-state index contributed by atoms with van der Waals surface area (Å²) in [5, 5.41) is 0. The first-order valence-electron chi connectivity index (χ1n) is 6.58. The second-order valence-corrected chi connectivity index (χ2v) is 4.73. The molecule has 0 aromatic heterocycles. The summed E-state index contributed by atoms with van der Waals surface area (Å²) < 4.78 is 4.75. The van der Waals surface area contributed by atoms with Crippen LogP contribution >= 0.6 is 0 Å². The third kappa shape index (κ3) is 3.64. The molecule has 106 valence electrons. The van der Waals surface area contributed by atoms with Gasteiger partial charge in [0.1, 0.15) is 0 Å². The van der Waals surface area contributed by atoms with Gasteiger partial charge in [-0.15, -0.1) is 0 Å². The molecule has 2 aromatic rings. The molecule has 0 atom stereocenters. The fourth-order valence-corrected chi connectivity index (χ4v) is 1.91. The Bertz CT molecular complexity index is 694. The van der Waals surface area contributed by atoms with Crippen LogP contribution in [0.1, 0.15) is 21.5 Å². The van der Waals surface area contributed by atoms with Crippen LogP contribution in [0.25, 0.3) is 0 Å². The Kier molecular flexibility index (Phi) is 4.63. The summed E-state index contributed by atoms with van der Waals surface area (Å²) in [6, 6.07) is 15.2. The minimum Gasteiger partial charge on any atom is -0.465 e. The number of hydrogen-bond donors (Lipinski definition) is 0. The highest BCUT2D eigenvalue weighted by molar-refractivity contribution is 5.91. The van der Waals surface area contributed by atoms with E-state index in [2.05, 4.69) is 11.8 Å². The molecule has 0 saturated carbocycles. The van der Waals surface area contributed by atoms with Crippen LogP contribution in [0.5, 0.6) is 0 Å². The first-order valence-corrected chi connectivity index (χ1v) is 6.58. The highest BCUT2D eigenvalue weighted by Crippen LogP contribution is 2.20. The van der Waals surface area contributed by atoms with Crippen LogP contribution in [0, 0.1) is 11.8 Å². The molecule has 0 saturated heterocycles. The molecule has 0 amide bonds. The van der Waals surface area contributed by atoms with E-state index in [0.717, 1.165) is 16.8 Å². The van der Waals surface area contributed by atoms with Crippen molar-refractivity contribution in [3.05, 3.63) is 65.2 Å². The summed E-state index contributed by atoms with van der Waals surface area (Å²) in [6.45, 7) is 0. The van der Waals surface area contributed by atoms with Gasteiger partial charge in [-0.2, -0.15) is 0 Å². The van der Waals surface area contributed by atoms with Gasteiger partial charge in [0, 0.05) is 25.2 Å². The van der Waals surface area contributed by atoms with Crippen molar-refractivity contribution in [3.8, 4) is 11.8 Å². The molecule has 21 heavy (non-hydrogen) atoms. The predicted molar refractivity (Wildman–Crippen MR) is 84.5 cm³/mol. The molecule has 2 rings (SSSR count). The zero-order chi connectivity index (χ0) is 15.2. The molecule has 3 nitrogen and oxygen atoms in total. The monoisotopic (exact) mass is 279 g/mol. The highest BCUT2D eigenvalue weighted by atomic mass is 16.5. The maximum atomic E-state index is 11.6. The van der Waals surface area contributed by atoms with Crippen molar-refractivity contribution in [1.29, 1.82) is 0 Å². The minimum atomic E-state index is -0.347. The maximum Gasteiger partial charge on any atom is 0.337 e. The van der Waals surface area contributed by atoms with E-state index in [1.807, 2.05) is 55.4 Å². The van der Waals surface area contributed by atoms with E-state index >= 15 is 0 Å². The topological polar surface area (TPSA) is 29.5 Å². The SMILES string of the molecule is COC(=O)c1ccc(C#Cc2ccccc2)c(N(C)C)c1. The van der Waals surface area contributed by atoms with Crippen LogP contribution in [0.2, 0.25) is 0 Å². The Balaban J connectivity index is 2.40. The molecular formula is C18H17NO2. The number of methoxy groups -OCH3 is 1. The van der Waals surface area contributed by atoms with Crippen LogP contribution in [-0.2, 0) is 4.74 Å². The predicted octanol–water partition coefficient (Wildman–Crippen LogP) is 2.94. The summed E-state index contributed by atoms with van der Waals surface area (Å²) in [5.41, 5.74) is 3.24. The van der Waals surface area contributed by atoms with E-state index in [-0.39, 0.29) is 5.97 Å². The zero-order valence-corrected chi connectivity index (χ0v) is 12.4. The molecular weight excluding hydrogens is 262 g/mol. The van der Waals surface area contributed by atoms with E-state index in [1.54, 1.807) is 12.1 Å². The number of nitrogens with zero attached hydrogens (tertiary/aromatic N) is 1. The van der Waals surface area contributed by atoms with E-state index in [4.69, 9.17) is 4.74 Å². The summed E-state index contributed by atoms with van der Waals surface area (Å²) >= 11 is 0. The van der Waals surface area contributed by atoms with Gasteiger partial charge < -0.3 is 9.64 Å². The van der Waals surface area contributed by atoms with E-state index < -0.39 is 0 Å². The molecule has 0 N–H and O–H groups in total. The largest absolute Gasteiger partial charge is 0.465 e. The van der Waals surface area contributed by atoms with E-state index in [9.17, 15) is 4.79 Å². The minimum absolute atomic E-state index is 0.347. The highest BCUT2D eigenvalue weighted by Gasteiger charge is 2.10. The van der Waals surface area contributed by atoms with Crippen molar-refractivity contribution in [2.24, 2.45) is 0 Å². The van der Waals surface area contributed by atoms with Gasteiger partial charge in [0.2, 0.25) is 0 Å². The quantitative estimate of drug-likeness (QED) is 0.625. The normalized spacial score (nSPS) is 9.48. The van der Waals surface area contributed by atoms with Crippen LogP contribution in [0.4, 0.5) is 5.69 Å². The number of ether oxygens (including phenoxy) is 1. The molecule has 0 bridgehead atoms. The van der Waals surface area contributed by atoms with Gasteiger partial charge in [0.25, 0.3) is 0 Å². The summed E-state index contributed by atoms with van der Waals surface area (Å²) in [5.74, 6) is 5.93. The number of esters is 1. The van der Waals surface area contributed by atoms with Crippen molar-refractivity contribution in [2.45, 2.75) is 0 Å². The molecule has 2 aromatic carbocycles. The van der Waals surface area contributed by atoms with E-state index in [1.165, 1.54) is 7.11 Å². The fraction of sp³-hybridized carbons (Fsp3) is 0.167. The Morgan fingerprint density at radius 1 is 1.05 bits per heavy atom. The van der Waals surface area contributed by atoms with Gasteiger partial charge in [0.05, 0.1) is 18.4 Å². The molecule has 0 fully saturated rings. The number of carbonyl (C=O) groups excluding carboxylic acids is 1. The van der Waals surface area contributed by atoms with Crippen LogP contribution in [-0.4, -0.2) is 27.2 Å². The summed E-state index contributed by atoms with van der Waals surface area (Å²) in [4.78, 5) is 13.5. The summed E-state index contributed by atoms with van der Waals surface area (Å²) in [7, 11) is 5.22. The van der Waals surface area contributed by atoms with Gasteiger partial charge in [-0.3, -0.25) is 0 Å². The van der Waals surface area contributed by atoms with Gasteiger partial charge in [-0.1, -0.05) is 30.0 Å². The third-order valence-corrected chi connectivity index (χ3v) is 3.02. The van der Waals surface area contributed by atoms with Gasteiger partial charge in [-0.05, 0) is 30.3 Å². The lowest BCUT2D eigenvalue weighted by Crippen LogP contribution is -2.12. The average Bonchev–Trinajstić information content (AvgIpc) is 2.52. The Hall–Kier alpha value is -2.73. The number of carbonyl (C=O) groups is 1. The van der Waals surface area contributed by atoms with E-state index in [0.29, 0.717) is 5.56 Å². The number of hydrogen-bond acceptors (Lipinski definition) is 3. The molecule has 0 aliphatic rings. The first kappa shape index (κ1) is 14.7. The summed E-state index contributed by atoms with van der Waals surface area (Å²) in [6.07, 6.45) is 0. The van der Waals surface area contributed by atoms with Crippen molar-refractivity contribution in [1.82, 2.24) is 0 Å². The second-order valence-electron chi connectivity index (χ2n) is 4.73. The fourth-order valence-electron chi connectivity index (χ4n) is 1.91. The molecule has 0 radical (unpaired) electrons. The molecule has 0 heterocycles. The van der Waals surface area contributed by atoms with Crippen LogP contribution < -0.4 is 4.90 Å². The van der Waals surface area contributed by atoms with Crippen LogP contribution in [0.3, 0.4) is 0 Å². The van der Waals surface area contributed by atoms with Crippen LogP contribution in [0.15, 0.2) is 48.5 Å². The number of anilines is 1. The zero-order valence-electron chi connectivity index (χ0n) is 12.4. The third-order valence-electron chi connectivity index (χ3n) is 3.02. The van der Waals surface area contributed by atoms with Gasteiger partial charge >= 0.3 is 5.97 Å². The van der Waals surface area contributed by atoms with Gasteiger partial charge in [0.15, 0.2) is 0 Å². The number of rotatable bonds is 2. The maximum absolute atomic E-state index is 11.6. The van der Waals surface area contributed by atoms with Crippen molar-refractivity contribution in [3.63, 3.8) is 0 Å². The number of benzene rings is 2. The standard InChI is InChI=1S/C18H17NO2/c1-19(2)17-13-16(18(20)21-3)12-11-15(17)10-9-14-7-5-4-6-8-14/h4-8,11-13H,1-3H3. The molecule has 3 heteroatoms. The Morgan fingerprint density at radius 2 is 1.76 bits per heavy atom. The van der Waals surface area contributed by atoms with Crippen molar-refractivity contribution >= 4 is 11.7 Å². The Labute approximate surface area is 125 Å². The van der Waals surface area contributed by atoms with Crippen molar-refractivity contribution in [2.75, 3.05) is 26.1 Å². The smallest absolute Gasteiger partial charge is 0.337 e.